The fraction of sp³-hybridized carbons (Fsp3) is 0.294. The van der Waals surface area contributed by atoms with Crippen LogP contribution < -0.4 is 0 Å². The number of aromatic nitrogens is 1. The SMILES string of the molecule is O=C(c1ccccc1-c1cccnc1)C1CCCC1. The summed E-state index contributed by atoms with van der Waals surface area (Å²) in [5.41, 5.74) is 2.87. The molecule has 1 aliphatic carbocycles. The number of benzene rings is 1. The fourth-order valence-corrected chi connectivity index (χ4v) is 2.88. The molecule has 1 aliphatic rings. The van der Waals surface area contributed by atoms with E-state index in [0.29, 0.717) is 5.78 Å². The van der Waals surface area contributed by atoms with E-state index in [-0.39, 0.29) is 5.92 Å². The van der Waals surface area contributed by atoms with Gasteiger partial charge in [0.15, 0.2) is 5.78 Å². The van der Waals surface area contributed by atoms with Gasteiger partial charge >= 0.3 is 0 Å². The lowest BCUT2D eigenvalue weighted by molar-refractivity contribution is 0.0923. The van der Waals surface area contributed by atoms with Crippen molar-refractivity contribution in [2.24, 2.45) is 5.92 Å². The van der Waals surface area contributed by atoms with Gasteiger partial charge in [-0.25, -0.2) is 0 Å². The number of hydrogen-bond donors (Lipinski definition) is 0. The van der Waals surface area contributed by atoms with Crippen molar-refractivity contribution in [3.8, 4) is 11.1 Å². The molecule has 1 saturated carbocycles. The van der Waals surface area contributed by atoms with Gasteiger partial charge < -0.3 is 0 Å². The van der Waals surface area contributed by atoms with E-state index in [0.717, 1.165) is 29.5 Å². The van der Waals surface area contributed by atoms with Crippen LogP contribution in [0.2, 0.25) is 0 Å². The smallest absolute Gasteiger partial charge is 0.166 e. The largest absolute Gasteiger partial charge is 0.294 e. The number of rotatable bonds is 3. The van der Waals surface area contributed by atoms with Crippen LogP contribution in [-0.2, 0) is 0 Å². The fourth-order valence-electron chi connectivity index (χ4n) is 2.88. The Kier molecular flexibility index (Phi) is 3.41. The minimum atomic E-state index is 0.220. The molecule has 3 rings (SSSR count). The van der Waals surface area contributed by atoms with Crippen LogP contribution in [-0.4, -0.2) is 10.8 Å². The molecule has 0 radical (unpaired) electrons. The van der Waals surface area contributed by atoms with Crippen LogP contribution in [0.3, 0.4) is 0 Å². The van der Waals surface area contributed by atoms with E-state index in [1.165, 1.54) is 12.8 Å². The van der Waals surface area contributed by atoms with Gasteiger partial charge in [-0.05, 0) is 24.5 Å². The predicted octanol–water partition coefficient (Wildman–Crippen LogP) is 4.12. The van der Waals surface area contributed by atoms with E-state index < -0.39 is 0 Å². The van der Waals surface area contributed by atoms with E-state index in [1.807, 2.05) is 42.6 Å². The molecule has 2 heteroatoms. The first kappa shape index (κ1) is 12.1. The minimum absolute atomic E-state index is 0.220. The van der Waals surface area contributed by atoms with Gasteiger partial charge in [0.25, 0.3) is 0 Å². The Hall–Kier alpha value is -1.96. The van der Waals surface area contributed by atoms with Crippen LogP contribution in [0, 0.1) is 5.92 Å². The van der Waals surface area contributed by atoms with Gasteiger partial charge in [0, 0.05) is 29.4 Å². The van der Waals surface area contributed by atoms with E-state index >= 15 is 0 Å². The van der Waals surface area contributed by atoms with E-state index in [9.17, 15) is 4.79 Å². The number of ketones is 1. The molecule has 0 atom stereocenters. The summed E-state index contributed by atoms with van der Waals surface area (Å²) in [6.45, 7) is 0. The molecule has 2 nitrogen and oxygen atoms in total. The first-order chi connectivity index (χ1) is 9.36. The van der Waals surface area contributed by atoms with Crippen LogP contribution in [0.5, 0.6) is 0 Å². The molecule has 1 aromatic carbocycles. The van der Waals surface area contributed by atoms with Crippen molar-refractivity contribution >= 4 is 5.78 Å². The van der Waals surface area contributed by atoms with Crippen molar-refractivity contribution in [3.63, 3.8) is 0 Å². The van der Waals surface area contributed by atoms with E-state index in [1.54, 1.807) is 6.20 Å². The summed E-state index contributed by atoms with van der Waals surface area (Å²) in [6, 6.07) is 11.8. The number of nitrogens with zero attached hydrogens (tertiary/aromatic N) is 1. The Morgan fingerprint density at radius 1 is 1.05 bits per heavy atom. The molecular formula is C17H17NO. The van der Waals surface area contributed by atoms with Crippen molar-refractivity contribution in [3.05, 3.63) is 54.4 Å². The summed E-state index contributed by atoms with van der Waals surface area (Å²) in [4.78, 5) is 16.8. The molecule has 0 saturated heterocycles. The molecule has 1 heterocycles. The molecule has 0 bridgehead atoms. The zero-order valence-corrected chi connectivity index (χ0v) is 10.9. The first-order valence-electron chi connectivity index (χ1n) is 6.90. The monoisotopic (exact) mass is 251 g/mol. The summed E-state index contributed by atoms with van der Waals surface area (Å²) >= 11 is 0. The highest BCUT2D eigenvalue weighted by atomic mass is 16.1. The zero-order valence-electron chi connectivity index (χ0n) is 10.9. The molecular weight excluding hydrogens is 234 g/mol. The second-order valence-electron chi connectivity index (χ2n) is 5.13. The lowest BCUT2D eigenvalue weighted by atomic mass is 9.91. The summed E-state index contributed by atoms with van der Waals surface area (Å²) in [6.07, 6.45) is 8.03. The van der Waals surface area contributed by atoms with Gasteiger partial charge in [0.05, 0.1) is 0 Å². The van der Waals surface area contributed by atoms with E-state index in [4.69, 9.17) is 0 Å². The van der Waals surface area contributed by atoms with Gasteiger partial charge in [-0.15, -0.1) is 0 Å². The number of carbonyl (C=O) groups is 1. The third-order valence-corrected chi connectivity index (χ3v) is 3.89. The minimum Gasteiger partial charge on any atom is -0.294 e. The molecule has 0 unspecified atom stereocenters. The van der Waals surface area contributed by atoms with Gasteiger partial charge in [-0.1, -0.05) is 43.2 Å². The average molecular weight is 251 g/mol. The predicted molar refractivity (Wildman–Crippen MR) is 76.0 cm³/mol. The Morgan fingerprint density at radius 3 is 2.58 bits per heavy atom. The summed E-state index contributed by atoms with van der Waals surface area (Å²) in [7, 11) is 0. The van der Waals surface area contributed by atoms with Gasteiger partial charge in [0.1, 0.15) is 0 Å². The molecule has 0 amide bonds. The molecule has 2 aromatic rings. The van der Waals surface area contributed by atoms with Crippen molar-refractivity contribution in [1.82, 2.24) is 4.98 Å². The van der Waals surface area contributed by atoms with Crippen LogP contribution >= 0.6 is 0 Å². The Balaban J connectivity index is 2.00. The Labute approximate surface area is 113 Å². The second kappa shape index (κ2) is 5.35. The molecule has 19 heavy (non-hydrogen) atoms. The number of Topliss-reactive ketones (excluding diaryl/α,β-unsaturated/α-hetero) is 1. The molecule has 0 aliphatic heterocycles. The number of hydrogen-bond acceptors (Lipinski definition) is 2. The summed E-state index contributed by atoms with van der Waals surface area (Å²) in [5.74, 6) is 0.523. The quantitative estimate of drug-likeness (QED) is 0.768. The maximum absolute atomic E-state index is 12.6. The molecule has 0 spiro atoms. The van der Waals surface area contributed by atoms with Crippen LogP contribution in [0.25, 0.3) is 11.1 Å². The highest BCUT2D eigenvalue weighted by Crippen LogP contribution is 2.31. The normalized spacial score (nSPS) is 15.6. The van der Waals surface area contributed by atoms with Gasteiger partial charge in [-0.3, -0.25) is 9.78 Å². The van der Waals surface area contributed by atoms with Gasteiger partial charge in [0.2, 0.25) is 0 Å². The van der Waals surface area contributed by atoms with Crippen LogP contribution in [0.15, 0.2) is 48.8 Å². The Bertz CT molecular complexity index is 571. The second-order valence-corrected chi connectivity index (χ2v) is 5.13. The van der Waals surface area contributed by atoms with Gasteiger partial charge in [-0.2, -0.15) is 0 Å². The molecule has 1 fully saturated rings. The first-order valence-corrected chi connectivity index (χ1v) is 6.90. The maximum atomic E-state index is 12.6. The zero-order chi connectivity index (χ0) is 13.1. The van der Waals surface area contributed by atoms with E-state index in [2.05, 4.69) is 4.98 Å². The van der Waals surface area contributed by atoms with Crippen molar-refractivity contribution in [1.29, 1.82) is 0 Å². The highest BCUT2D eigenvalue weighted by molar-refractivity contribution is 6.03. The van der Waals surface area contributed by atoms with Crippen LogP contribution in [0.1, 0.15) is 36.0 Å². The molecule has 96 valence electrons. The van der Waals surface area contributed by atoms with Crippen molar-refractivity contribution in [2.45, 2.75) is 25.7 Å². The average Bonchev–Trinajstić information content (AvgIpc) is 3.02. The molecule has 1 aromatic heterocycles. The lowest BCUT2D eigenvalue weighted by Gasteiger charge is -2.12. The summed E-state index contributed by atoms with van der Waals surface area (Å²) < 4.78 is 0. The Morgan fingerprint density at radius 2 is 1.84 bits per heavy atom. The molecule has 0 N–H and O–H groups in total. The van der Waals surface area contributed by atoms with Crippen molar-refractivity contribution in [2.75, 3.05) is 0 Å². The van der Waals surface area contributed by atoms with Crippen molar-refractivity contribution < 1.29 is 4.79 Å². The van der Waals surface area contributed by atoms with Crippen LogP contribution in [0.4, 0.5) is 0 Å². The highest BCUT2D eigenvalue weighted by Gasteiger charge is 2.25. The summed E-state index contributed by atoms with van der Waals surface area (Å²) in [5, 5.41) is 0. The third-order valence-electron chi connectivity index (χ3n) is 3.89. The third kappa shape index (κ3) is 2.43. The number of carbonyl (C=O) groups excluding carboxylic acids is 1. The maximum Gasteiger partial charge on any atom is 0.166 e. The topological polar surface area (TPSA) is 30.0 Å². The number of pyridine rings is 1. The lowest BCUT2D eigenvalue weighted by Crippen LogP contribution is -2.12. The standard InChI is InChI=1S/C17H17NO/c19-17(13-6-1-2-7-13)16-10-4-3-9-15(16)14-8-5-11-18-12-14/h3-5,8-13H,1-2,6-7H2.